The van der Waals surface area contributed by atoms with E-state index in [1.165, 1.54) is 5.19 Å². The number of piperazine rings is 2. The van der Waals surface area contributed by atoms with E-state index in [-0.39, 0.29) is 48.4 Å². The van der Waals surface area contributed by atoms with E-state index in [1.54, 1.807) is 16.9 Å². The summed E-state index contributed by atoms with van der Waals surface area (Å²) in [5, 5.41) is 17.8. The SMILES string of the molecule is COc1ccc([Si](C)(C)[C@H]2[C@H](CCO)O[C@@]3(C(=O)N(Cc4ccc(N5CCNCC5=O)cc4)c4ccc(N5CCNCC5=O)cc43)[C@@H]2C)cc1. The number of nitrogens with one attached hydrogen (secondary N) is 2. The summed E-state index contributed by atoms with van der Waals surface area (Å²) in [5.74, 6) is 0.452. The molecule has 0 radical (unpaired) electrons. The second kappa shape index (κ2) is 13.6. The average molecular weight is 698 g/mol. The lowest BCUT2D eigenvalue weighted by Gasteiger charge is -2.37. The van der Waals surface area contributed by atoms with E-state index in [1.807, 2.05) is 59.5 Å². The fourth-order valence-corrected chi connectivity index (χ4v) is 12.8. The molecule has 264 valence electrons. The van der Waals surface area contributed by atoms with Crippen LogP contribution < -0.4 is 35.3 Å². The van der Waals surface area contributed by atoms with E-state index in [4.69, 9.17) is 9.47 Å². The molecule has 0 saturated carbocycles. The number of benzene rings is 3. The number of amides is 3. The van der Waals surface area contributed by atoms with Gasteiger partial charge < -0.3 is 39.9 Å². The minimum absolute atomic E-state index is 0.000114. The van der Waals surface area contributed by atoms with Crippen LogP contribution in [0.15, 0.2) is 66.7 Å². The van der Waals surface area contributed by atoms with Gasteiger partial charge in [-0.05, 0) is 60.0 Å². The zero-order chi connectivity index (χ0) is 35.2. The summed E-state index contributed by atoms with van der Waals surface area (Å²) in [6.45, 7) is 10.2. The van der Waals surface area contributed by atoms with Gasteiger partial charge in [0.1, 0.15) is 5.75 Å². The lowest BCUT2D eigenvalue weighted by atomic mass is 9.82. The van der Waals surface area contributed by atoms with Gasteiger partial charge in [-0.1, -0.05) is 49.5 Å². The first-order valence-corrected chi connectivity index (χ1v) is 20.7. The molecule has 0 bridgehead atoms. The number of nitrogens with zero attached hydrogens (tertiary/aromatic N) is 3. The highest BCUT2D eigenvalue weighted by Crippen LogP contribution is 2.60. The van der Waals surface area contributed by atoms with Crippen LogP contribution in [-0.2, 0) is 31.3 Å². The third-order valence-corrected chi connectivity index (χ3v) is 15.7. The largest absolute Gasteiger partial charge is 0.497 e. The predicted octanol–water partition coefficient (Wildman–Crippen LogP) is 2.71. The Morgan fingerprint density at radius 1 is 0.900 bits per heavy atom. The standard InChI is InChI=1S/C38H47N5O6Si/c1-25-36(50(3,4)30-12-10-29(48-2)11-13-30)33(15-20-44)49-38(25)31-21-28(42-19-17-40-23-35(42)46)9-14-32(31)43(37(38)47)24-26-5-7-27(8-6-26)41-18-16-39-22-34(41)45/h5-14,21,25,33,36,39-40,44H,15-20,22-24H2,1-4H3/t25-,33+,36-,38+/m1/s1. The van der Waals surface area contributed by atoms with E-state index >= 15 is 4.79 Å². The van der Waals surface area contributed by atoms with Crippen molar-refractivity contribution in [2.75, 3.05) is 67.7 Å². The maximum Gasteiger partial charge on any atom is 0.264 e. The summed E-state index contributed by atoms with van der Waals surface area (Å²) >= 11 is 0. The number of anilines is 3. The van der Waals surface area contributed by atoms with Crippen LogP contribution in [0.1, 0.15) is 24.5 Å². The Morgan fingerprint density at radius 3 is 2.12 bits per heavy atom. The van der Waals surface area contributed by atoms with Crippen LogP contribution in [-0.4, -0.2) is 90.0 Å². The first kappa shape index (κ1) is 34.4. The van der Waals surface area contributed by atoms with Gasteiger partial charge in [-0.25, -0.2) is 0 Å². The van der Waals surface area contributed by atoms with Crippen LogP contribution >= 0.6 is 0 Å². The highest BCUT2D eigenvalue weighted by molar-refractivity contribution is 6.91. The van der Waals surface area contributed by atoms with Crippen molar-refractivity contribution in [3.05, 3.63) is 77.9 Å². The van der Waals surface area contributed by atoms with Crippen molar-refractivity contribution >= 4 is 48.0 Å². The third kappa shape index (κ3) is 5.72. The van der Waals surface area contributed by atoms with Crippen molar-refractivity contribution in [3.8, 4) is 5.75 Å². The van der Waals surface area contributed by atoms with Gasteiger partial charge in [0, 0.05) is 55.6 Å². The Labute approximate surface area is 294 Å². The minimum atomic E-state index is -2.34. The second-order valence-corrected chi connectivity index (χ2v) is 19.1. The van der Waals surface area contributed by atoms with E-state index in [0.717, 1.165) is 40.5 Å². The number of hydrogen-bond acceptors (Lipinski definition) is 8. The molecule has 3 N–H and O–H groups in total. The number of carbonyl (C=O) groups excluding carboxylic acids is 3. The van der Waals surface area contributed by atoms with Gasteiger partial charge >= 0.3 is 0 Å². The molecule has 50 heavy (non-hydrogen) atoms. The van der Waals surface area contributed by atoms with E-state index in [0.29, 0.717) is 39.1 Å². The highest BCUT2D eigenvalue weighted by Gasteiger charge is 2.66. The predicted molar refractivity (Wildman–Crippen MR) is 196 cm³/mol. The van der Waals surface area contributed by atoms with Gasteiger partial charge in [0.2, 0.25) is 11.8 Å². The fourth-order valence-electron chi connectivity index (χ4n) is 8.75. The zero-order valence-electron chi connectivity index (χ0n) is 29.3. The quantitative estimate of drug-likeness (QED) is 0.292. The first-order valence-electron chi connectivity index (χ1n) is 17.6. The number of fused-ring (bicyclic) bond motifs is 2. The molecule has 4 aliphatic heterocycles. The van der Waals surface area contributed by atoms with Crippen molar-refractivity contribution < 1.29 is 29.0 Å². The zero-order valence-corrected chi connectivity index (χ0v) is 30.3. The van der Waals surface area contributed by atoms with E-state index < -0.39 is 13.7 Å². The summed E-state index contributed by atoms with van der Waals surface area (Å²) in [4.78, 5) is 46.1. The van der Waals surface area contributed by atoms with Gasteiger partial charge in [-0.3, -0.25) is 14.4 Å². The topological polar surface area (TPSA) is 124 Å². The van der Waals surface area contributed by atoms with Crippen LogP contribution in [0.4, 0.5) is 17.1 Å². The first-order chi connectivity index (χ1) is 24.1. The molecule has 7 rings (SSSR count). The van der Waals surface area contributed by atoms with Crippen LogP contribution in [0, 0.1) is 5.92 Å². The Kier molecular flexibility index (Phi) is 9.33. The van der Waals surface area contributed by atoms with Gasteiger partial charge in [-0.15, -0.1) is 0 Å². The molecule has 3 saturated heterocycles. The number of methoxy groups -OCH3 is 1. The Morgan fingerprint density at radius 2 is 1.52 bits per heavy atom. The molecular formula is C38H47N5O6Si. The molecule has 4 aliphatic rings. The monoisotopic (exact) mass is 697 g/mol. The third-order valence-electron chi connectivity index (χ3n) is 11.3. The van der Waals surface area contributed by atoms with E-state index in [2.05, 4.69) is 42.8 Å². The molecule has 11 nitrogen and oxygen atoms in total. The average Bonchev–Trinajstić information content (AvgIpc) is 3.55. The summed E-state index contributed by atoms with van der Waals surface area (Å²) < 4.78 is 12.6. The molecule has 12 heteroatoms. The Bertz CT molecular complexity index is 1770. The molecule has 4 heterocycles. The number of hydrogen-bond donors (Lipinski definition) is 3. The van der Waals surface area contributed by atoms with Crippen LogP contribution in [0.5, 0.6) is 5.75 Å². The summed E-state index contributed by atoms with van der Waals surface area (Å²) in [6, 6.07) is 21.9. The van der Waals surface area contributed by atoms with Crippen LogP contribution in [0.2, 0.25) is 18.6 Å². The lowest BCUT2D eigenvalue weighted by molar-refractivity contribution is -0.146. The minimum Gasteiger partial charge on any atom is -0.497 e. The van der Waals surface area contributed by atoms with Crippen molar-refractivity contribution in [1.82, 2.24) is 10.6 Å². The number of aliphatic hydroxyl groups excluding tert-OH is 1. The molecule has 0 unspecified atom stereocenters. The number of aliphatic hydroxyl groups is 1. The molecular weight excluding hydrogens is 651 g/mol. The molecule has 3 amide bonds. The highest BCUT2D eigenvalue weighted by atomic mass is 28.3. The molecule has 3 fully saturated rings. The van der Waals surface area contributed by atoms with Gasteiger partial charge in [-0.2, -0.15) is 0 Å². The van der Waals surface area contributed by atoms with Crippen molar-refractivity contribution in [2.24, 2.45) is 5.92 Å². The fraction of sp³-hybridized carbons (Fsp3) is 0.447. The maximum absolute atomic E-state index is 15.1. The number of carbonyl (C=O) groups is 3. The van der Waals surface area contributed by atoms with Crippen LogP contribution in [0.3, 0.4) is 0 Å². The van der Waals surface area contributed by atoms with Gasteiger partial charge in [0.15, 0.2) is 5.60 Å². The smallest absolute Gasteiger partial charge is 0.264 e. The Balaban J connectivity index is 1.29. The second-order valence-electron chi connectivity index (χ2n) is 14.4. The summed E-state index contributed by atoms with van der Waals surface area (Å²) in [5.41, 5.74) is 2.75. The number of rotatable bonds is 9. The lowest BCUT2D eigenvalue weighted by Crippen LogP contribution is -2.52. The molecule has 4 atom stereocenters. The molecule has 1 spiro atoms. The molecule has 3 aromatic carbocycles. The van der Waals surface area contributed by atoms with Crippen LogP contribution in [0.25, 0.3) is 0 Å². The summed E-state index contributed by atoms with van der Waals surface area (Å²) in [6.07, 6.45) is 0.0598. The molecule has 0 aromatic heterocycles. The van der Waals surface area contributed by atoms with E-state index in [9.17, 15) is 14.7 Å². The number of ether oxygens (including phenoxy) is 2. The molecule has 3 aromatic rings. The maximum atomic E-state index is 15.1. The van der Waals surface area contributed by atoms with Gasteiger partial charge in [0.05, 0.1) is 46.6 Å². The van der Waals surface area contributed by atoms with Gasteiger partial charge in [0.25, 0.3) is 5.91 Å². The molecule has 0 aliphatic carbocycles. The normalized spacial score (nSPS) is 25.5. The van der Waals surface area contributed by atoms with Crippen molar-refractivity contribution in [2.45, 2.75) is 50.2 Å². The van der Waals surface area contributed by atoms with Crippen molar-refractivity contribution in [1.29, 1.82) is 0 Å². The van der Waals surface area contributed by atoms with Crippen molar-refractivity contribution in [3.63, 3.8) is 0 Å². The summed E-state index contributed by atoms with van der Waals surface area (Å²) in [7, 11) is -0.686. The Hall–Kier alpha value is -4.07.